The second-order valence-electron chi connectivity index (χ2n) is 6.23. The molecular weight excluding hydrogens is 370 g/mol. The Balaban J connectivity index is 1.46. The summed E-state index contributed by atoms with van der Waals surface area (Å²) in [5.74, 6) is -0.488. The van der Waals surface area contributed by atoms with Gasteiger partial charge in [-0.25, -0.2) is 0 Å². The number of hydrogen-bond acceptors (Lipinski definition) is 4. The number of nitrogens with one attached hydrogen (secondary N) is 2. The highest BCUT2D eigenvalue weighted by molar-refractivity contribution is 7.13. The summed E-state index contributed by atoms with van der Waals surface area (Å²) >= 11 is 1.29. The first-order chi connectivity index (χ1) is 13.7. The fourth-order valence-electron chi connectivity index (χ4n) is 2.86. The molecule has 0 spiro atoms. The lowest BCUT2D eigenvalue weighted by molar-refractivity contribution is 0.0949. The van der Waals surface area contributed by atoms with Crippen molar-refractivity contribution >= 4 is 39.1 Å². The molecule has 2 N–H and O–H groups in total. The number of carbonyl (C=O) groups excluding carboxylic acids is 2. The smallest absolute Gasteiger partial charge is 0.276 e. The van der Waals surface area contributed by atoms with Crippen LogP contribution < -0.4 is 10.6 Å². The Morgan fingerprint density at radius 2 is 1.64 bits per heavy atom. The molecule has 4 rings (SSSR count). The molecule has 0 atom stereocenters. The van der Waals surface area contributed by atoms with Gasteiger partial charge in [0.1, 0.15) is 5.69 Å². The quantitative estimate of drug-likeness (QED) is 0.530. The molecule has 28 heavy (non-hydrogen) atoms. The van der Waals surface area contributed by atoms with Crippen LogP contribution in [0.2, 0.25) is 0 Å². The van der Waals surface area contributed by atoms with Gasteiger partial charge in [0.25, 0.3) is 11.8 Å². The largest absolute Gasteiger partial charge is 0.348 e. The molecule has 0 fully saturated rings. The third-order valence-electron chi connectivity index (χ3n) is 4.27. The van der Waals surface area contributed by atoms with Crippen molar-refractivity contribution in [1.82, 2.24) is 9.69 Å². The summed E-state index contributed by atoms with van der Waals surface area (Å²) < 4.78 is 5.22. The zero-order chi connectivity index (χ0) is 19.3. The van der Waals surface area contributed by atoms with E-state index in [0.29, 0.717) is 23.5 Å². The first kappa shape index (κ1) is 17.9. The lowest BCUT2D eigenvalue weighted by atomic mass is 10.1. The summed E-state index contributed by atoms with van der Waals surface area (Å²) in [6.45, 7) is 0.446. The highest BCUT2D eigenvalue weighted by atomic mass is 32.1. The molecule has 0 bridgehead atoms. The standard InChI is InChI=1S/C22H17N3O2S/c26-21(23-14-15-7-2-1-3-8-15)16-9-6-10-17(13-16)24-22(27)20-18-11-4-5-12-19(18)28-25-20/h1-13H,14H2,(H,23,26)(H,24,27). The van der Waals surface area contributed by atoms with E-state index < -0.39 is 0 Å². The van der Waals surface area contributed by atoms with Gasteiger partial charge in [-0.2, -0.15) is 4.37 Å². The summed E-state index contributed by atoms with van der Waals surface area (Å²) in [5.41, 5.74) is 2.45. The summed E-state index contributed by atoms with van der Waals surface area (Å²) in [7, 11) is 0. The Kier molecular flexibility index (Phi) is 5.12. The highest BCUT2D eigenvalue weighted by Gasteiger charge is 2.15. The van der Waals surface area contributed by atoms with Crippen LogP contribution >= 0.6 is 11.5 Å². The monoisotopic (exact) mass is 387 g/mol. The van der Waals surface area contributed by atoms with Crippen LogP contribution in [0.4, 0.5) is 5.69 Å². The predicted octanol–water partition coefficient (Wildman–Crippen LogP) is 4.48. The third-order valence-corrected chi connectivity index (χ3v) is 5.10. The van der Waals surface area contributed by atoms with Crippen molar-refractivity contribution < 1.29 is 9.59 Å². The molecule has 0 saturated carbocycles. The van der Waals surface area contributed by atoms with E-state index in [0.717, 1.165) is 15.6 Å². The number of aromatic nitrogens is 1. The van der Waals surface area contributed by atoms with E-state index in [1.165, 1.54) is 11.5 Å². The molecule has 0 aliphatic rings. The highest BCUT2D eigenvalue weighted by Crippen LogP contribution is 2.23. The van der Waals surface area contributed by atoms with Crippen LogP contribution in [0.3, 0.4) is 0 Å². The van der Waals surface area contributed by atoms with Gasteiger partial charge < -0.3 is 10.6 Å². The van der Waals surface area contributed by atoms with E-state index in [1.54, 1.807) is 24.3 Å². The van der Waals surface area contributed by atoms with Crippen molar-refractivity contribution in [2.24, 2.45) is 0 Å². The van der Waals surface area contributed by atoms with Crippen molar-refractivity contribution in [3.05, 3.63) is 95.7 Å². The van der Waals surface area contributed by atoms with Crippen molar-refractivity contribution in [2.45, 2.75) is 6.54 Å². The molecule has 0 aliphatic heterocycles. The van der Waals surface area contributed by atoms with Crippen LogP contribution in [-0.2, 0) is 6.54 Å². The number of fused-ring (bicyclic) bond motifs is 1. The number of carbonyl (C=O) groups is 2. The minimum Gasteiger partial charge on any atom is -0.348 e. The number of amides is 2. The van der Waals surface area contributed by atoms with E-state index in [9.17, 15) is 9.59 Å². The minimum atomic E-state index is -0.292. The van der Waals surface area contributed by atoms with Gasteiger partial charge in [-0.15, -0.1) is 0 Å². The van der Waals surface area contributed by atoms with Crippen LogP contribution in [0, 0.1) is 0 Å². The first-order valence-corrected chi connectivity index (χ1v) is 9.56. The van der Waals surface area contributed by atoms with Crippen molar-refractivity contribution in [1.29, 1.82) is 0 Å². The second kappa shape index (κ2) is 8.02. The van der Waals surface area contributed by atoms with Crippen LogP contribution in [0.15, 0.2) is 78.9 Å². The second-order valence-corrected chi connectivity index (χ2v) is 7.04. The topological polar surface area (TPSA) is 71.1 Å². The van der Waals surface area contributed by atoms with Gasteiger partial charge in [0.15, 0.2) is 0 Å². The van der Waals surface area contributed by atoms with Gasteiger partial charge >= 0.3 is 0 Å². The Labute approximate surface area is 166 Å². The normalized spacial score (nSPS) is 10.6. The first-order valence-electron chi connectivity index (χ1n) is 8.79. The molecule has 0 unspecified atom stereocenters. The van der Waals surface area contributed by atoms with Crippen LogP contribution in [0.5, 0.6) is 0 Å². The molecule has 3 aromatic carbocycles. The Morgan fingerprint density at radius 1 is 0.857 bits per heavy atom. The van der Waals surface area contributed by atoms with Crippen molar-refractivity contribution in [3.8, 4) is 0 Å². The number of rotatable bonds is 5. The summed E-state index contributed by atoms with van der Waals surface area (Å²) in [6.07, 6.45) is 0. The lowest BCUT2D eigenvalue weighted by Gasteiger charge is -2.08. The van der Waals surface area contributed by atoms with E-state index in [-0.39, 0.29) is 11.8 Å². The molecular formula is C22H17N3O2S. The summed E-state index contributed by atoms with van der Waals surface area (Å²) in [6, 6.07) is 24.2. The van der Waals surface area contributed by atoms with Gasteiger partial charge in [0, 0.05) is 23.2 Å². The maximum atomic E-state index is 12.6. The molecule has 138 valence electrons. The maximum Gasteiger partial charge on any atom is 0.276 e. The summed E-state index contributed by atoms with van der Waals surface area (Å²) in [5, 5.41) is 6.54. The lowest BCUT2D eigenvalue weighted by Crippen LogP contribution is -2.23. The zero-order valence-electron chi connectivity index (χ0n) is 14.9. The molecule has 5 nitrogen and oxygen atoms in total. The Hall–Kier alpha value is -3.51. The predicted molar refractivity (Wildman–Crippen MR) is 112 cm³/mol. The molecule has 2 amide bonds. The fourth-order valence-corrected chi connectivity index (χ4v) is 3.63. The van der Waals surface area contributed by atoms with Gasteiger partial charge in [-0.05, 0) is 41.4 Å². The number of benzene rings is 3. The van der Waals surface area contributed by atoms with Crippen LogP contribution in [0.1, 0.15) is 26.4 Å². The van der Waals surface area contributed by atoms with E-state index in [4.69, 9.17) is 0 Å². The number of hydrogen-bond donors (Lipinski definition) is 2. The Morgan fingerprint density at radius 3 is 2.50 bits per heavy atom. The van der Waals surface area contributed by atoms with Gasteiger partial charge in [-0.3, -0.25) is 9.59 Å². The SMILES string of the molecule is O=C(NCc1ccccc1)c1cccc(NC(=O)c2nsc3ccccc23)c1. The average molecular weight is 387 g/mol. The van der Waals surface area contributed by atoms with E-state index >= 15 is 0 Å². The van der Waals surface area contributed by atoms with Crippen LogP contribution in [0.25, 0.3) is 10.1 Å². The molecule has 0 saturated heterocycles. The molecule has 0 radical (unpaired) electrons. The van der Waals surface area contributed by atoms with Crippen molar-refractivity contribution in [2.75, 3.05) is 5.32 Å². The average Bonchev–Trinajstić information content (AvgIpc) is 3.17. The molecule has 6 heteroatoms. The molecule has 0 aliphatic carbocycles. The number of nitrogens with zero attached hydrogens (tertiary/aromatic N) is 1. The maximum absolute atomic E-state index is 12.6. The third kappa shape index (κ3) is 3.92. The fraction of sp³-hybridized carbons (Fsp3) is 0.0455. The van der Waals surface area contributed by atoms with Crippen LogP contribution in [-0.4, -0.2) is 16.2 Å². The zero-order valence-corrected chi connectivity index (χ0v) is 15.7. The molecule has 1 heterocycles. The minimum absolute atomic E-state index is 0.195. The number of anilines is 1. The van der Waals surface area contributed by atoms with E-state index in [1.807, 2.05) is 54.6 Å². The summed E-state index contributed by atoms with van der Waals surface area (Å²) in [4.78, 5) is 25.0. The van der Waals surface area contributed by atoms with Gasteiger partial charge in [-0.1, -0.05) is 54.6 Å². The molecule has 4 aromatic rings. The Bertz CT molecular complexity index is 1140. The van der Waals surface area contributed by atoms with E-state index in [2.05, 4.69) is 15.0 Å². The van der Waals surface area contributed by atoms with Gasteiger partial charge in [0.2, 0.25) is 0 Å². The van der Waals surface area contributed by atoms with Gasteiger partial charge in [0.05, 0.1) is 4.70 Å². The molecule has 1 aromatic heterocycles. The van der Waals surface area contributed by atoms with Crippen molar-refractivity contribution in [3.63, 3.8) is 0 Å².